The number of unbranched alkanes of at least 4 members (excludes halogenated alkanes) is 8. The maximum atomic E-state index is 13.9. The standard InChI is InChI=1S/C80H139N5O25P2S/c1-52(2)21-20-22-53(3)61-31-32-62-60-30-29-54-41-58(33-35-79(54,4)63(60)34-36-80(61,62)5)107-78(98)82-38-16-9-12-28-73(95)85-47-59(43-56(85)51-106-112(101,113)102-6)110-111(99,100)105-50-55-42-57(88)46-84(55)72(94)27-11-8-7-10-24-65(89)64(83-71(93)26-15-19-40-104-75-45-67(91)77(97)69(49-87)109-75)23-13-17-37-81-70(92)25-14-18-39-103-74-44-66(90)76(96)68(48-86)108-74/h29,52-53,55-64,66-69,74-77,86-88,90-91,96-97H,7-28,30-51H2,1-6H3,(H,81,92)(H,82,98)(H,83,93)(H,99,100)(H,101,113)/t53?,55?,56-,57+,58?,59+,60-,61?,62+,63+,64-,66?,67?,68?,69?,74?,75?,76?,77?,79-,80+,112?/m0/s1. The van der Waals surface area contributed by atoms with Gasteiger partial charge in [-0.1, -0.05) is 84.8 Å². The first-order valence-electron chi connectivity index (χ1n) is 42.5. The van der Waals surface area contributed by atoms with Gasteiger partial charge in [0, 0.05) is 97.9 Å². The number of aliphatic hydroxyl groups is 7. The molecule has 5 amide bonds. The van der Waals surface area contributed by atoms with Crippen molar-refractivity contribution in [2.75, 3.05) is 72.9 Å². The van der Waals surface area contributed by atoms with Crippen LogP contribution in [0.15, 0.2) is 11.6 Å². The number of fused-ring (bicyclic) bond motifs is 5. The van der Waals surface area contributed by atoms with E-state index in [2.05, 4.69) is 56.6 Å². The molecule has 23 atom stereocenters. The number of nitrogens with one attached hydrogen (secondary N) is 3. The summed E-state index contributed by atoms with van der Waals surface area (Å²) in [6, 6.07) is -2.27. The fourth-order valence-electron chi connectivity index (χ4n) is 19.4. The summed E-state index contributed by atoms with van der Waals surface area (Å²) in [5.74, 6) is 3.27. The first-order chi connectivity index (χ1) is 53.9. The number of carbonyl (C=O) groups is 6. The summed E-state index contributed by atoms with van der Waals surface area (Å²) >= 11 is 5.07. The van der Waals surface area contributed by atoms with Crippen LogP contribution in [0.5, 0.6) is 0 Å². The first-order valence-corrected chi connectivity index (χ1v) is 46.6. The number of ketones is 1. The topological polar surface area (TPSA) is 427 Å². The highest BCUT2D eigenvalue weighted by Crippen LogP contribution is 2.67. The highest BCUT2D eigenvalue weighted by molar-refractivity contribution is 8.07. The van der Waals surface area contributed by atoms with Crippen molar-refractivity contribution in [2.24, 2.45) is 46.3 Å². The summed E-state index contributed by atoms with van der Waals surface area (Å²) in [6.07, 6.45) is 12.7. The number of phosphoric acid groups is 1. The van der Waals surface area contributed by atoms with Gasteiger partial charge in [0.2, 0.25) is 23.6 Å². The number of amides is 5. The molecule has 33 heteroatoms. The van der Waals surface area contributed by atoms with E-state index < -0.39 is 120 Å². The lowest BCUT2D eigenvalue weighted by atomic mass is 9.47. The van der Waals surface area contributed by atoms with Crippen LogP contribution >= 0.6 is 14.5 Å². The molecular formula is C80H139N5O25P2S. The molecule has 7 fully saturated rings. The average molecular weight is 1670 g/mol. The van der Waals surface area contributed by atoms with Crippen LogP contribution in [0.1, 0.15) is 253 Å². The quantitative estimate of drug-likeness (QED) is 0.0155. The van der Waals surface area contributed by atoms with E-state index in [4.69, 9.17) is 53.6 Å². The number of phosphoric ester groups is 1. The minimum absolute atomic E-state index is 0.0143. The molecule has 30 nitrogen and oxygen atoms in total. The Morgan fingerprint density at radius 3 is 1.85 bits per heavy atom. The summed E-state index contributed by atoms with van der Waals surface area (Å²) in [5, 5.41) is 78.4. The van der Waals surface area contributed by atoms with Gasteiger partial charge in [-0.05, 0) is 187 Å². The number of aliphatic hydroxyl groups excluding tert-OH is 7. The van der Waals surface area contributed by atoms with E-state index in [1.807, 2.05) is 0 Å². The molecule has 4 aliphatic carbocycles. The number of alkyl carbamates (subject to hydrolysis) is 1. The van der Waals surface area contributed by atoms with Crippen molar-refractivity contribution in [1.82, 2.24) is 25.8 Å². The molecule has 650 valence electrons. The number of nitrogens with zero attached hydrogens (tertiary/aromatic N) is 2. The van der Waals surface area contributed by atoms with Crippen LogP contribution in [0.2, 0.25) is 0 Å². The van der Waals surface area contributed by atoms with Gasteiger partial charge in [0.1, 0.15) is 30.5 Å². The zero-order valence-electron chi connectivity index (χ0n) is 68.0. The largest absolute Gasteiger partial charge is 0.472 e. The zero-order valence-corrected chi connectivity index (χ0v) is 70.6. The smallest absolute Gasteiger partial charge is 0.446 e. The van der Waals surface area contributed by atoms with Gasteiger partial charge in [-0.3, -0.25) is 33.0 Å². The Bertz CT molecular complexity index is 3110. The number of hydrogen-bond acceptors (Lipinski definition) is 24. The highest BCUT2D eigenvalue weighted by Gasteiger charge is 2.59. The number of hydrogen-bond donors (Lipinski definition) is 12. The van der Waals surface area contributed by atoms with E-state index in [1.54, 1.807) is 0 Å². The molecule has 0 spiro atoms. The number of likely N-dealkylation sites (tertiary alicyclic amines) is 2. The van der Waals surface area contributed by atoms with E-state index >= 15 is 0 Å². The van der Waals surface area contributed by atoms with Crippen molar-refractivity contribution in [3.05, 3.63) is 11.6 Å². The van der Waals surface area contributed by atoms with Gasteiger partial charge in [0.05, 0.1) is 69.0 Å². The summed E-state index contributed by atoms with van der Waals surface area (Å²) in [5.41, 5.74) is 2.04. The fraction of sp³-hybridized carbons (Fsp3) is 0.900. The molecule has 4 heterocycles. The molecule has 0 aromatic rings. The van der Waals surface area contributed by atoms with Crippen LogP contribution in [0.25, 0.3) is 0 Å². The normalized spacial score (nSPS) is 32.6. The van der Waals surface area contributed by atoms with Gasteiger partial charge in [0.25, 0.3) is 0 Å². The van der Waals surface area contributed by atoms with Gasteiger partial charge in [-0.25, -0.2) is 9.36 Å². The van der Waals surface area contributed by atoms with E-state index in [9.17, 15) is 78.9 Å². The number of Topliss-reactive ketones (excluding diaryl/α,β-unsaturated/α-hetero) is 1. The second kappa shape index (κ2) is 46.5. The molecule has 0 radical (unpaired) electrons. The maximum absolute atomic E-state index is 13.9. The number of ether oxygens (including phenoxy) is 5. The molecule has 0 bridgehead atoms. The Kier molecular flexibility index (Phi) is 39.2. The predicted octanol–water partition coefficient (Wildman–Crippen LogP) is 8.34. The minimum atomic E-state index is -4.84. The molecule has 3 saturated carbocycles. The first kappa shape index (κ1) is 95.2. The Hall–Kier alpha value is -3.24. The fourth-order valence-corrected chi connectivity index (χ4v) is 21.0. The Morgan fingerprint density at radius 1 is 0.628 bits per heavy atom. The summed E-state index contributed by atoms with van der Waals surface area (Å²) in [4.78, 5) is 105. The van der Waals surface area contributed by atoms with Gasteiger partial charge in [-0.15, -0.1) is 0 Å². The second-order valence-electron chi connectivity index (χ2n) is 34.4. The lowest BCUT2D eigenvalue weighted by Gasteiger charge is -2.58. The van der Waals surface area contributed by atoms with Gasteiger partial charge < -0.3 is 104 Å². The highest BCUT2D eigenvalue weighted by atomic mass is 32.5. The third-order valence-corrected chi connectivity index (χ3v) is 28.6. The average Bonchev–Trinajstić information content (AvgIpc) is 1.66. The Morgan fingerprint density at radius 2 is 1.21 bits per heavy atom. The third-order valence-electron chi connectivity index (χ3n) is 25.8. The lowest BCUT2D eigenvalue weighted by molar-refractivity contribution is -0.257. The van der Waals surface area contributed by atoms with Crippen LogP contribution < -0.4 is 16.0 Å². The van der Waals surface area contributed by atoms with Crippen molar-refractivity contribution in [3.8, 4) is 0 Å². The SMILES string of the molecule is COP(O)(=S)OC[C@@H]1C[C@@H](OP(=O)(O)OCC2C[C@@H](O)CN2C(=O)CCCCCCC(=O)[C@H](CCCCNC(=O)CCCCOC2CC(O)C(O)C(CO)O2)NC(=O)CCCCOC2CC(O)C(O)C(CO)O2)CN1C(=O)CCCCCNC(=O)OC1CC[C@@]2(C)C(=CC[C@@H]3[C@H]2CC[C@]2(C)C(C(C)CCCC(C)C)CC[C@H]32)C1. The molecule has 8 rings (SSSR count). The van der Waals surface area contributed by atoms with Crippen LogP contribution in [-0.4, -0.2) is 249 Å². The monoisotopic (exact) mass is 1660 g/mol. The zero-order chi connectivity index (χ0) is 82.0. The number of β-amino-alcohol motifs (C(OH)–C–C–N with tert-alkyl or cyclic N) is 1. The van der Waals surface area contributed by atoms with Crippen molar-refractivity contribution in [2.45, 2.75) is 339 Å². The molecule has 4 aliphatic heterocycles. The third kappa shape index (κ3) is 29.0. The number of rotatable bonds is 49. The van der Waals surface area contributed by atoms with E-state index in [0.29, 0.717) is 114 Å². The molecule has 14 unspecified atom stereocenters. The van der Waals surface area contributed by atoms with E-state index in [1.165, 1.54) is 67.4 Å². The van der Waals surface area contributed by atoms with Crippen molar-refractivity contribution in [3.63, 3.8) is 0 Å². The molecule has 4 saturated heterocycles. The van der Waals surface area contributed by atoms with Crippen LogP contribution in [0.3, 0.4) is 0 Å². The minimum Gasteiger partial charge on any atom is -0.446 e. The number of carbonyl (C=O) groups excluding carboxylic acids is 6. The summed E-state index contributed by atoms with van der Waals surface area (Å²) < 4.78 is 63.7. The van der Waals surface area contributed by atoms with E-state index in [0.717, 1.165) is 55.3 Å². The molecule has 8 aliphatic rings. The van der Waals surface area contributed by atoms with Crippen LogP contribution in [0, 0.1) is 46.3 Å². The Balaban J connectivity index is 0.712. The van der Waals surface area contributed by atoms with Gasteiger partial charge >= 0.3 is 20.6 Å². The van der Waals surface area contributed by atoms with Crippen molar-refractivity contribution in [1.29, 1.82) is 0 Å². The van der Waals surface area contributed by atoms with Crippen molar-refractivity contribution < 1.29 is 121 Å². The molecule has 0 aromatic carbocycles. The van der Waals surface area contributed by atoms with E-state index in [-0.39, 0.29) is 132 Å². The van der Waals surface area contributed by atoms with Crippen LogP contribution in [-0.2, 0) is 82.1 Å². The van der Waals surface area contributed by atoms with Crippen molar-refractivity contribution >= 4 is 61.9 Å². The van der Waals surface area contributed by atoms with Gasteiger partial charge in [0.15, 0.2) is 18.4 Å². The van der Waals surface area contributed by atoms with Crippen LogP contribution in [0.4, 0.5) is 4.79 Å². The number of allylic oxidation sites excluding steroid dienone is 1. The Labute approximate surface area is 674 Å². The second-order valence-corrected chi connectivity index (χ2v) is 38.8. The molecule has 113 heavy (non-hydrogen) atoms. The lowest BCUT2D eigenvalue weighted by Crippen LogP contribution is -2.51. The summed E-state index contributed by atoms with van der Waals surface area (Å²) in [7, 11) is -3.64. The van der Waals surface area contributed by atoms with Gasteiger partial charge in [-0.2, -0.15) is 0 Å². The maximum Gasteiger partial charge on any atom is 0.472 e. The summed E-state index contributed by atoms with van der Waals surface area (Å²) in [6.45, 7) is 8.04. The molecule has 12 N–H and O–H groups in total. The molecule has 0 aromatic heterocycles. The predicted molar refractivity (Wildman–Crippen MR) is 422 cm³/mol. The molecular weight excluding hydrogens is 1520 g/mol.